The van der Waals surface area contributed by atoms with E-state index in [0.29, 0.717) is 10.6 Å². The van der Waals surface area contributed by atoms with Gasteiger partial charge in [-0.2, -0.15) is 5.10 Å². The molecule has 5 nitrogen and oxygen atoms in total. The standard InChI is InChI=1S/C24H27ClN4O.ClH/c1-3-17-5-7-19(8-6-17)28-24(30)21-15-27-29(20-9-4-16(2)22(25)14-20)23(21)18-10-12-26-13-11-18;/h4-9,14-15,18,26H,3,10-13H2,1-2H3,(H,28,30);1H. The topological polar surface area (TPSA) is 59.0 Å². The van der Waals surface area contributed by atoms with Crippen LogP contribution >= 0.6 is 24.0 Å². The predicted octanol–water partition coefficient (Wildman–Crippen LogP) is 5.54. The van der Waals surface area contributed by atoms with Gasteiger partial charge in [0.25, 0.3) is 5.91 Å². The molecule has 3 aromatic rings. The summed E-state index contributed by atoms with van der Waals surface area (Å²) >= 11 is 6.37. The Morgan fingerprint density at radius 3 is 2.55 bits per heavy atom. The molecule has 2 heterocycles. The van der Waals surface area contributed by atoms with Crippen molar-refractivity contribution in [1.29, 1.82) is 0 Å². The van der Waals surface area contributed by atoms with Crippen LogP contribution in [0.4, 0.5) is 5.69 Å². The second kappa shape index (κ2) is 10.3. The summed E-state index contributed by atoms with van der Waals surface area (Å²) in [7, 11) is 0. The molecule has 7 heteroatoms. The summed E-state index contributed by atoms with van der Waals surface area (Å²) in [5.74, 6) is 0.134. The molecule has 2 N–H and O–H groups in total. The fourth-order valence-electron chi connectivity index (χ4n) is 3.96. The number of carbonyl (C=O) groups excluding carboxylic acids is 1. The first-order valence-electron chi connectivity index (χ1n) is 10.5. The van der Waals surface area contributed by atoms with Crippen molar-refractivity contribution in [2.24, 2.45) is 0 Å². The number of benzene rings is 2. The number of halogens is 2. The average molecular weight is 459 g/mol. The van der Waals surface area contributed by atoms with Gasteiger partial charge in [-0.05, 0) is 74.7 Å². The first kappa shape index (κ1) is 23.3. The van der Waals surface area contributed by atoms with Gasteiger partial charge in [-0.1, -0.05) is 36.7 Å². The van der Waals surface area contributed by atoms with Crippen molar-refractivity contribution in [2.75, 3.05) is 18.4 Å². The lowest BCUT2D eigenvalue weighted by Crippen LogP contribution is -2.29. The van der Waals surface area contributed by atoms with Crippen LogP contribution in [0.15, 0.2) is 48.7 Å². The van der Waals surface area contributed by atoms with E-state index in [1.807, 2.05) is 54.1 Å². The van der Waals surface area contributed by atoms with Crippen LogP contribution in [0.3, 0.4) is 0 Å². The Balaban J connectivity index is 0.00000272. The molecule has 0 aliphatic carbocycles. The van der Waals surface area contributed by atoms with E-state index in [2.05, 4.69) is 22.7 Å². The van der Waals surface area contributed by atoms with Gasteiger partial charge < -0.3 is 10.6 Å². The fourth-order valence-corrected chi connectivity index (χ4v) is 4.14. The zero-order valence-electron chi connectivity index (χ0n) is 17.8. The molecule has 0 bridgehead atoms. The third-order valence-electron chi connectivity index (χ3n) is 5.80. The van der Waals surface area contributed by atoms with E-state index in [1.54, 1.807) is 6.20 Å². The number of piperidine rings is 1. The number of rotatable bonds is 5. The molecule has 164 valence electrons. The highest BCUT2D eigenvalue weighted by molar-refractivity contribution is 6.31. The van der Waals surface area contributed by atoms with Crippen molar-refractivity contribution in [3.8, 4) is 5.69 Å². The van der Waals surface area contributed by atoms with Crippen molar-refractivity contribution in [3.05, 3.63) is 76.1 Å². The van der Waals surface area contributed by atoms with Gasteiger partial charge >= 0.3 is 0 Å². The van der Waals surface area contributed by atoms with Crippen LogP contribution in [-0.4, -0.2) is 28.8 Å². The second-order valence-electron chi connectivity index (χ2n) is 7.82. The van der Waals surface area contributed by atoms with Crippen LogP contribution in [0.25, 0.3) is 5.69 Å². The molecule has 31 heavy (non-hydrogen) atoms. The van der Waals surface area contributed by atoms with Gasteiger partial charge in [-0.3, -0.25) is 4.79 Å². The number of anilines is 1. The van der Waals surface area contributed by atoms with Gasteiger partial charge in [-0.25, -0.2) is 4.68 Å². The van der Waals surface area contributed by atoms with Crippen LogP contribution < -0.4 is 10.6 Å². The highest BCUT2D eigenvalue weighted by atomic mass is 35.5. The van der Waals surface area contributed by atoms with E-state index in [4.69, 9.17) is 11.6 Å². The van der Waals surface area contributed by atoms with Crippen LogP contribution in [-0.2, 0) is 6.42 Å². The molecular formula is C24H28Cl2N4O. The van der Waals surface area contributed by atoms with Crippen LogP contribution in [0.2, 0.25) is 5.02 Å². The SMILES string of the molecule is CCc1ccc(NC(=O)c2cnn(-c3ccc(C)c(Cl)c3)c2C2CCNCC2)cc1.Cl. The highest BCUT2D eigenvalue weighted by Gasteiger charge is 2.27. The molecule has 1 aliphatic rings. The molecule has 0 spiro atoms. The normalized spacial score (nSPS) is 14.2. The first-order valence-corrected chi connectivity index (χ1v) is 10.9. The third-order valence-corrected chi connectivity index (χ3v) is 6.20. The second-order valence-corrected chi connectivity index (χ2v) is 8.22. The summed E-state index contributed by atoms with van der Waals surface area (Å²) < 4.78 is 1.89. The summed E-state index contributed by atoms with van der Waals surface area (Å²) in [6, 6.07) is 13.9. The number of hydrogen-bond acceptors (Lipinski definition) is 3. The minimum absolute atomic E-state index is 0. The molecule has 1 aromatic heterocycles. The van der Waals surface area contributed by atoms with Crippen molar-refractivity contribution in [2.45, 2.75) is 39.0 Å². The minimum Gasteiger partial charge on any atom is -0.322 e. The van der Waals surface area contributed by atoms with Crippen LogP contribution in [0.5, 0.6) is 0 Å². The van der Waals surface area contributed by atoms with E-state index in [0.717, 1.165) is 55.0 Å². The lowest BCUT2D eigenvalue weighted by atomic mass is 9.91. The Labute approximate surface area is 194 Å². The number of hydrogen-bond donors (Lipinski definition) is 2. The van der Waals surface area contributed by atoms with Gasteiger partial charge in [-0.15, -0.1) is 12.4 Å². The van der Waals surface area contributed by atoms with E-state index in [9.17, 15) is 4.79 Å². The van der Waals surface area contributed by atoms with Crippen molar-refractivity contribution >= 4 is 35.6 Å². The summed E-state index contributed by atoms with van der Waals surface area (Å²) in [5.41, 5.74) is 5.51. The smallest absolute Gasteiger partial charge is 0.259 e. The molecule has 1 saturated heterocycles. The summed E-state index contributed by atoms with van der Waals surface area (Å²) in [4.78, 5) is 13.2. The number of amides is 1. The monoisotopic (exact) mass is 458 g/mol. The van der Waals surface area contributed by atoms with E-state index in [-0.39, 0.29) is 24.2 Å². The van der Waals surface area contributed by atoms with E-state index in [1.165, 1.54) is 5.56 Å². The van der Waals surface area contributed by atoms with Gasteiger partial charge in [0.05, 0.1) is 23.1 Å². The van der Waals surface area contributed by atoms with Crippen LogP contribution in [0, 0.1) is 6.92 Å². The Hall–Kier alpha value is -2.34. The molecule has 0 radical (unpaired) electrons. The number of nitrogens with one attached hydrogen (secondary N) is 2. The quantitative estimate of drug-likeness (QED) is 0.527. The van der Waals surface area contributed by atoms with Gasteiger partial charge in [0.2, 0.25) is 0 Å². The summed E-state index contributed by atoms with van der Waals surface area (Å²) in [5, 5.41) is 11.7. The lowest BCUT2D eigenvalue weighted by molar-refractivity contribution is 0.102. The average Bonchev–Trinajstić information content (AvgIpc) is 3.22. The molecule has 0 saturated carbocycles. The predicted molar refractivity (Wildman–Crippen MR) is 129 cm³/mol. The van der Waals surface area contributed by atoms with Crippen molar-refractivity contribution in [1.82, 2.24) is 15.1 Å². The number of aromatic nitrogens is 2. The number of carbonyl (C=O) groups is 1. The largest absolute Gasteiger partial charge is 0.322 e. The zero-order valence-corrected chi connectivity index (χ0v) is 19.4. The van der Waals surface area contributed by atoms with Crippen LogP contribution in [0.1, 0.15) is 52.9 Å². The molecule has 4 rings (SSSR count). The van der Waals surface area contributed by atoms with Gasteiger partial charge in [0.1, 0.15) is 0 Å². The Bertz CT molecular complexity index is 1040. The zero-order chi connectivity index (χ0) is 21.1. The van der Waals surface area contributed by atoms with Crippen molar-refractivity contribution < 1.29 is 4.79 Å². The van der Waals surface area contributed by atoms with E-state index >= 15 is 0 Å². The third kappa shape index (κ3) is 5.12. The number of aryl methyl sites for hydroxylation is 2. The maximum atomic E-state index is 13.2. The molecule has 1 fully saturated rings. The van der Waals surface area contributed by atoms with E-state index < -0.39 is 0 Å². The highest BCUT2D eigenvalue weighted by Crippen LogP contribution is 2.31. The maximum Gasteiger partial charge on any atom is 0.259 e. The minimum atomic E-state index is -0.128. The Morgan fingerprint density at radius 2 is 1.90 bits per heavy atom. The molecule has 0 atom stereocenters. The molecule has 2 aromatic carbocycles. The number of nitrogens with zero attached hydrogens (tertiary/aromatic N) is 2. The Kier molecular flexibility index (Phi) is 7.76. The summed E-state index contributed by atoms with van der Waals surface area (Å²) in [6.45, 7) is 5.96. The molecular weight excluding hydrogens is 431 g/mol. The molecule has 1 amide bonds. The van der Waals surface area contributed by atoms with Gasteiger partial charge in [0.15, 0.2) is 0 Å². The van der Waals surface area contributed by atoms with Gasteiger partial charge in [0, 0.05) is 16.6 Å². The first-order chi connectivity index (χ1) is 14.6. The molecule has 1 aliphatic heterocycles. The molecule has 0 unspecified atom stereocenters. The van der Waals surface area contributed by atoms with Crippen molar-refractivity contribution in [3.63, 3.8) is 0 Å². The summed E-state index contributed by atoms with van der Waals surface area (Å²) in [6.07, 6.45) is 4.59. The Morgan fingerprint density at radius 1 is 1.19 bits per heavy atom. The maximum absolute atomic E-state index is 13.2. The fraction of sp³-hybridized carbons (Fsp3) is 0.333. The lowest BCUT2D eigenvalue weighted by Gasteiger charge is -2.25.